The highest BCUT2D eigenvalue weighted by Crippen LogP contribution is 2.33. The highest BCUT2D eigenvalue weighted by atomic mass is 19.1. The average Bonchev–Trinajstić information content (AvgIpc) is 2.37. The van der Waals surface area contributed by atoms with E-state index in [-0.39, 0.29) is 5.56 Å². The number of halogens is 1. The highest BCUT2D eigenvalue weighted by molar-refractivity contribution is 5.89. The minimum atomic E-state index is -1.28. The Hall–Kier alpha value is -2.36. The lowest BCUT2D eigenvalue weighted by atomic mass is 10.0. The van der Waals surface area contributed by atoms with Gasteiger partial charge in [-0.2, -0.15) is 0 Å². The molecule has 0 atom stereocenters. The van der Waals surface area contributed by atoms with Gasteiger partial charge in [-0.05, 0) is 30.2 Å². The van der Waals surface area contributed by atoms with E-state index in [1.165, 1.54) is 12.1 Å². The summed E-state index contributed by atoms with van der Waals surface area (Å²) in [6.45, 7) is 1.89. The summed E-state index contributed by atoms with van der Waals surface area (Å²) in [4.78, 5) is 10.8. The van der Waals surface area contributed by atoms with E-state index in [9.17, 15) is 9.18 Å². The predicted octanol–water partition coefficient (Wildman–Crippen LogP) is 3.51. The first-order chi connectivity index (χ1) is 9.04. The Balaban J connectivity index is 2.57. The van der Waals surface area contributed by atoms with Crippen molar-refractivity contribution in [3.8, 4) is 16.9 Å². The maximum Gasteiger partial charge on any atom is 0.338 e. The fourth-order valence-corrected chi connectivity index (χ4v) is 2.01. The summed E-state index contributed by atoms with van der Waals surface area (Å²) in [5.74, 6) is -1.38. The molecule has 19 heavy (non-hydrogen) atoms. The smallest absolute Gasteiger partial charge is 0.338 e. The van der Waals surface area contributed by atoms with Gasteiger partial charge in [0.05, 0.1) is 12.7 Å². The van der Waals surface area contributed by atoms with Crippen LogP contribution in [0.2, 0.25) is 0 Å². The van der Waals surface area contributed by atoms with Crippen molar-refractivity contribution in [2.24, 2.45) is 0 Å². The van der Waals surface area contributed by atoms with Crippen LogP contribution in [-0.4, -0.2) is 18.2 Å². The van der Waals surface area contributed by atoms with E-state index >= 15 is 0 Å². The average molecular weight is 260 g/mol. The number of carboxylic acids is 1. The van der Waals surface area contributed by atoms with E-state index in [0.717, 1.165) is 11.1 Å². The molecular formula is C15H13FO3. The minimum absolute atomic E-state index is 0.338. The fraction of sp³-hybridized carbons (Fsp3) is 0.133. The van der Waals surface area contributed by atoms with Crippen molar-refractivity contribution < 1.29 is 19.0 Å². The predicted molar refractivity (Wildman–Crippen MR) is 70.1 cm³/mol. The fourth-order valence-electron chi connectivity index (χ4n) is 2.01. The monoisotopic (exact) mass is 260 g/mol. The van der Waals surface area contributed by atoms with Crippen LogP contribution in [0.3, 0.4) is 0 Å². The second-order valence-corrected chi connectivity index (χ2v) is 4.16. The van der Waals surface area contributed by atoms with Crippen molar-refractivity contribution in [1.29, 1.82) is 0 Å². The normalized spacial score (nSPS) is 10.3. The molecule has 2 aromatic rings. The third-order valence-electron chi connectivity index (χ3n) is 2.93. The van der Waals surface area contributed by atoms with Crippen LogP contribution in [0.1, 0.15) is 15.9 Å². The van der Waals surface area contributed by atoms with Crippen LogP contribution in [0.15, 0.2) is 36.4 Å². The van der Waals surface area contributed by atoms with Crippen molar-refractivity contribution in [3.05, 3.63) is 53.3 Å². The van der Waals surface area contributed by atoms with E-state index in [1.807, 2.05) is 19.1 Å². The zero-order valence-electron chi connectivity index (χ0n) is 10.6. The molecule has 0 amide bonds. The van der Waals surface area contributed by atoms with Crippen LogP contribution in [0.5, 0.6) is 5.75 Å². The van der Waals surface area contributed by atoms with Crippen LogP contribution < -0.4 is 4.74 Å². The third-order valence-corrected chi connectivity index (χ3v) is 2.93. The molecule has 2 rings (SSSR count). The zero-order valence-corrected chi connectivity index (χ0v) is 10.6. The van der Waals surface area contributed by atoms with Gasteiger partial charge in [-0.1, -0.05) is 24.3 Å². The van der Waals surface area contributed by atoms with Gasteiger partial charge >= 0.3 is 5.97 Å². The quantitative estimate of drug-likeness (QED) is 0.918. The van der Waals surface area contributed by atoms with Crippen molar-refractivity contribution >= 4 is 5.97 Å². The Labute approximate surface area is 110 Å². The first-order valence-corrected chi connectivity index (χ1v) is 5.71. The van der Waals surface area contributed by atoms with Crippen LogP contribution >= 0.6 is 0 Å². The first kappa shape index (κ1) is 13.1. The molecular weight excluding hydrogens is 247 g/mol. The number of methoxy groups -OCH3 is 1. The Morgan fingerprint density at radius 1 is 1.26 bits per heavy atom. The van der Waals surface area contributed by atoms with E-state index < -0.39 is 11.8 Å². The summed E-state index contributed by atoms with van der Waals surface area (Å²) in [6.07, 6.45) is 0. The van der Waals surface area contributed by atoms with Gasteiger partial charge in [0.25, 0.3) is 0 Å². The molecule has 0 spiro atoms. The molecule has 0 bridgehead atoms. The molecule has 0 radical (unpaired) electrons. The number of hydrogen-bond acceptors (Lipinski definition) is 2. The molecule has 0 unspecified atom stereocenters. The Morgan fingerprint density at radius 2 is 2.00 bits per heavy atom. The molecule has 0 fully saturated rings. The molecule has 3 nitrogen and oxygen atoms in total. The Kier molecular flexibility index (Phi) is 3.51. The number of carboxylic acid groups (broad SMARTS) is 1. The summed E-state index contributed by atoms with van der Waals surface area (Å²) in [5.41, 5.74) is 1.92. The largest absolute Gasteiger partial charge is 0.496 e. The number of aryl methyl sites for hydroxylation is 1. The molecule has 0 aromatic heterocycles. The Morgan fingerprint density at radius 3 is 2.58 bits per heavy atom. The number of para-hydroxylation sites is 1. The molecule has 0 aliphatic rings. The van der Waals surface area contributed by atoms with Gasteiger partial charge < -0.3 is 9.84 Å². The molecule has 0 aliphatic carbocycles. The van der Waals surface area contributed by atoms with Gasteiger partial charge in [-0.3, -0.25) is 0 Å². The van der Waals surface area contributed by atoms with Crippen molar-refractivity contribution in [1.82, 2.24) is 0 Å². The topological polar surface area (TPSA) is 46.5 Å². The Bertz CT molecular complexity index is 635. The maximum absolute atomic E-state index is 13.7. The number of aromatic carboxylic acids is 1. The van der Waals surface area contributed by atoms with Crippen molar-refractivity contribution in [2.75, 3.05) is 7.11 Å². The van der Waals surface area contributed by atoms with Crippen LogP contribution in [-0.2, 0) is 0 Å². The molecule has 0 saturated carbocycles. The number of hydrogen-bond donors (Lipinski definition) is 1. The summed E-state index contributed by atoms with van der Waals surface area (Å²) < 4.78 is 19.0. The molecule has 98 valence electrons. The molecule has 4 heteroatoms. The van der Waals surface area contributed by atoms with Crippen LogP contribution in [0, 0.1) is 12.7 Å². The third kappa shape index (κ3) is 2.42. The summed E-state index contributed by atoms with van der Waals surface area (Å²) in [5, 5.41) is 8.81. The molecule has 1 N–H and O–H groups in total. The molecule has 0 heterocycles. The SMILES string of the molecule is COc1c(C)cccc1-c1ccc(C(=O)O)c(F)c1. The lowest BCUT2D eigenvalue weighted by molar-refractivity contribution is 0.0692. The summed E-state index contributed by atoms with van der Waals surface area (Å²) in [6, 6.07) is 9.58. The zero-order chi connectivity index (χ0) is 14.0. The van der Waals surface area contributed by atoms with E-state index in [0.29, 0.717) is 11.3 Å². The second-order valence-electron chi connectivity index (χ2n) is 4.16. The lowest BCUT2D eigenvalue weighted by Crippen LogP contribution is -2.00. The summed E-state index contributed by atoms with van der Waals surface area (Å²) in [7, 11) is 1.55. The van der Waals surface area contributed by atoms with E-state index in [4.69, 9.17) is 9.84 Å². The van der Waals surface area contributed by atoms with Gasteiger partial charge in [-0.15, -0.1) is 0 Å². The standard InChI is InChI=1S/C15H13FO3/c1-9-4-3-5-11(14(9)19-2)10-6-7-12(15(17)18)13(16)8-10/h3-8H,1-2H3,(H,17,18). The first-order valence-electron chi connectivity index (χ1n) is 5.71. The van der Waals surface area contributed by atoms with Gasteiger partial charge in [0.1, 0.15) is 11.6 Å². The number of carbonyl (C=O) groups is 1. The lowest BCUT2D eigenvalue weighted by Gasteiger charge is -2.11. The number of rotatable bonds is 3. The van der Waals surface area contributed by atoms with Crippen LogP contribution in [0.4, 0.5) is 4.39 Å². The minimum Gasteiger partial charge on any atom is -0.496 e. The van der Waals surface area contributed by atoms with Gasteiger partial charge in [0.2, 0.25) is 0 Å². The highest BCUT2D eigenvalue weighted by Gasteiger charge is 2.13. The van der Waals surface area contributed by atoms with Gasteiger partial charge in [-0.25, -0.2) is 9.18 Å². The molecule has 2 aromatic carbocycles. The molecule has 0 aliphatic heterocycles. The number of ether oxygens (including phenoxy) is 1. The second kappa shape index (κ2) is 5.10. The van der Waals surface area contributed by atoms with E-state index in [1.54, 1.807) is 19.2 Å². The van der Waals surface area contributed by atoms with Gasteiger partial charge in [0, 0.05) is 5.56 Å². The van der Waals surface area contributed by atoms with Gasteiger partial charge in [0.15, 0.2) is 0 Å². The van der Waals surface area contributed by atoms with Crippen molar-refractivity contribution in [3.63, 3.8) is 0 Å². The maximum atomic E-state index is 13.7. The van der Waals surface area contributed by atoms with Crippen LogP contribution in [0.25, 0.3) is 11.1 Å². The van der Waals surface area contributed by atoms with E-state index in [2.05, 4.69) is 0 Å². The molecule has 0 saturated heterocycles. The summed E-state index contributed by atoms with van der Waals surface area (Å²) >= 11 is 0. The van der Waals surface area contributed by atoms with Crippen molar-refractivity contribution in [2.45, 2.75) is 6.92 Å². The number of benzene rings is 2.